The number of para-hydroxylation sites is 2. The van der Waals surface area contributed by atoms with Gasteiger partial charge in [-0.15, -0.1) is 0 Å². The Morgan fingerprint density at radius 3 is 2.53 bits per heavy atom. The number of ether oxygens (including phenoxy) is 1. The molecule has 0 aliphatic carbocycles. The number of nitrogens with two attached hydrogens (primary N) is 1. The van der Waals surface area contributed by atoms with Crippen molar-refractivity contribution < 1.29 is 13.2 Å². The standard InChI is InChI=1S/C21H25ClN8O3S/c1-33-19-12-14(30-10-8-24-9-11-30)6-7-18(19)27-21-25-13-15(22)20(28-21)26-16-4-2-3-5-17(16)29-34(23,31)32/h2-7,12-13,24,29H,8-11H2,1H3,(H2,23,31,32)(H2,25,26,27,28). The SMILES string of the molecule is COc1cc(N2CCNCC2)ccc1Nc1ncc(Cl)c(Nc2ccccc2NS(N)(=O)=O)n1. The van der Waals surface area contributed by atoms with Gasteiger partial charge >= 0.3 is 0 Å². The topological polar surface area (TPSA) is 147 Å². The van der Waals surface area contributed by atoms with Gasteiger partial charge in [0.25, 0.3) is 10.2 Å². The highest BCUT2D eigenvalue weighted by Gasteiger charge is 2.15. The molecule has 1 aliphatic rings. The van der Waals surface area contributed by atoms with Gasteiger partial charge < -0.3 is 25.6 Å². The number of rotatable bonds is 8. The molecule has 34 heavy (non-hydrogen) atoms. The van der Waals surface area contributed by atoms with Crippen LogP contribution < -0.4 is 35.4 Å². The number of aromatic nitrogens is 2. The van der Waals surface area contributed by atoms with Crippen LogP contribution >= 0.6 is 11.6 Å². The second-order valence-corrected chi connectivity index (χ2v) is 9.16. The molecule has 0 amide bonds. The van der Waals surface area contributed by atoms with E-state index in [0.29, 0.717) is 17.1 Å². The number of halogens is 1. The lowest BCUT2D eigenvalue weighted by Crippen LogP contribution is -2.43. The lowest BCUT2D eigenvalue weighted by molar-refractivity contribution is 0.416. The minimum atomic E-state index is -3.96. The van der Waals surface area contributed by atoms with Gasteiger partial charge in [-0.2, -0.15) is 13.4 Å². The first kappa shape index (κ1) is 23.8. The molecule has 11 nitrogen and oxygen atoms in total. The summed E-state index contributed by atoms with van der Waals surface area (Å²) in [6.07, 6.45) is 1.44. The average Bonchev–Trinajstić information content (AvgIpc) is 2.82. The number of nitrogens with zero attached hydrogens (tertiary/aromatic N) is 3. The van der Waals surface area contributed by atoms with E-state index in [9.17, 15) is 8.42 Å². The Labute approximate surface area is 202 Å². The van der Waals surface area contributed by atoms with Gasteiger partial charge in [-0.05, 0) is 24.3 Å². The maximum absolute atomic E-state index is 11.5. The van der Waals surface area contributed by atoms with Gasteiger partial charge in [0.05, 0.1) is 30.4 Å². The van der Waals surface area contributed by atoms with E-state index < -0.39 is 10.2 Å². The van der Waals surface area contributed by atoms with Gasteiger partial charge in [-0.25, -0.2) is 10.1 Å². The molecule has 3 aromatic rings. The van der Waals surface area contributed by atoms with E-state index >= 15 is 0 Å². The van der Waals surface area contributed by atoms with E-state index in [1.165, 1.54) is 6.20 Å². The van der Waals surface area contributed by atoms with E-state index in [1.54, 1.807) is 31.4 Å². The zero-order chi connectivity index (χ0) is 24.1. The van der Waals surface area contributed by atoms with Crippen LogP contribution in [0, 0.1) is 0 Å². The van der Waals surface area contributed by atoms with Crippen LogP contribution in [0.25, 0.3) is 0 Å². The molecule has 0 atom stereocenters. The Kier molecular flexibility index (Phi) is 7.22. The second kappa shape index (κ2) is 10.3. The van der Waals surface area contributed by atoms with Crippen molar-refractivity contribution in [1.29, 1.82) is 0 Å². The van der Waals surface area contributed by atoms with E-state index in [1.807, 2.05) is 18.2 Å². The van der Waals surface area contributed by atoms with Crippen LogP contribution in [0.2, 0.25) is 5.02 Å². The van der Waals surface area contributed by atoms with Crippen molar-refractivity contribution in [3.63, 3.8) is 0 Å². The van der Waals surface area contributed by atoms with Crippen molar-refractivity contribution in [2.45, 2.75) is 0 Å². The highest BCUT2D eigenvalue weighted by molar-refractivity contribution is 7.90. The predicted octanol–water partition coefficient (Wildman–Crippen LogP) is 2.65. The number of piperazine rings is 1. The summed E-state index contributed by atoms with van der Waals surface area (Å²) in [5.41, 5.74) is 2.42. The second-order valence-electron chi connectivity index (χ2n) is 7.45. The van der Waals surface area contributed by atoms with Crippen LogP contribution in [0.1, 0.15) is 0 Å². The van der Waals surface area contributed by atoms with Gasteiger partial charge in [0.15, 0.2) is 5.82 Å². The first-order chi connectivity index (χ1) is 16.3. The average molecular weight is 505 g/mol. The molecule has 2 aromatic carbocycles. The van der Waals surface area contributed by atoms with Crippen LogP contribution in [-0.4, -0.2) is 51.7 Å². The Bertz CT molecular complexity index is 1270. The third kappa shape index (κ3) is 5.97. The number of methoxy groups -OCH3 is 1. The number of nitrogens with one attached hydrogen (secondary N) is 4. The van der Waals surface area contributed by atoms with Crippen LogP contribution in [0.5, 0.6) is 5.75 Å². The summed E-state index contributed by atoms with van der Waals surface area (Å²) >= 11 is 6.29. The molecule has 6 N–H and O–H groups in total. The summed E-state index contributed by atoms with van der Waals surface area (Å²) in [6, 6.07) is 12.5. The van der Waals surface area contributed by atoms with E-state index in [2.05, 4.69) is 35.5 Å². The zero-order valence-electron chi connectivity index (χ0n) is 18.4. The lowest BCUT2D eigenvalue weighted by atomic mass is 10.2. The maximum atomic E-state index is 11.5. The molecule has 0 spiro atoms. The predicted molar refractivity (Wildman–Crippen MR) is 135 cm³/mol. The molecule has 0 unspecified atom stereocenters. The molecule has 1 aromatic heterocycles. The smallest absolute Gasteiger partial charge is 0.296 e. The minimum absolute atomic E-state index is 0.247. The summed E-state index contributed by atoms with van der Waals surface area (Å²) in [4.78, 5) is 11.0. The zero-order valence-corrected chi connectivity index (χ0v) is 19.9. The molecular weight excluding hydrogens is 480 g/mol. The first-order valence-electron chi connectivity index (χ1n) is 10.4. The molecule has 1 fully saturated rings. The quantitative estimate of drug-likeness (QED) is 0.312. The van der Waals surface area contributed by atoms with Gasteiger partial charge in [-0.3, -0.25) is 4.72 Å². The van der Waals surface area contributed by atoms with Gasteiger partial charge in [0.2, 0.25) is 5.95 Å². The number of benzene rings is 2. The van der Waals surface area contributed by atoms with E-state index in [0.717, 1.165) is 31.9 Å². The lowest BCUT2D eigenvalue weighted by Gasteiger charge is -2.30. The Morgan fingerprint density at radius 1 is 1.09 bits per heavy atom. The molecule has 13 heteroatoms. The van der Waals surface area contributed by atoms with Crippen LogP contribution in [0.4, 0.5) is 34.5 Å². The largest absolute Gasteiger partial charge is 0.494 e. The number of anilines is 6. The van der Waals surface area contributed by atoms with Crippen LogP contribution in [0.3, 0.4) is 0 Å². The highest BCUT2D eigenvalue weighted by atomic mass is 35.5. The summed E-state index contributed by atoms with van der Waals surface area (Å²) < 4.78 is 30.8. The van der Waals surface area contributed by atoms with Gasteiger partial charge in [0, 0.05) is 37.9 Å². The summed E-state index contributed by atoms with van der Waals surface area (Å²) in [5, 5.41) is 14.9. The monoisotopic (exact) mass is 504 g/mol. The van der Waals surface area contributed by atoms with E-state index in [-0.39, 0.29) is 22.5 Å². The molecule has 180 valence electrons. The number of hydrogen-bond donors (Lipinski definition) is 5. The molecule has 0 bridgehead atoms. The third-order valence-electron chi connectivity index (χ3n) is 5.09. The normalized spacial score (nSPS) is 13.9. The molecule has 1 saturated heterocycles. The van der Waals surface area contributed by atoms with Crippen molar-refractivity contribution in [1.82, 2.24) is 15.3 Å². The van der Waals surface area contributed by atoms with Crippen LogP contribution in [0.15, 0.2) is 48.7 Å². The van der Waals surface area contributed by atoms with Crippen molar-refractivity contribution in [2.75, 3.05) is 53.5 Å². The van der Waals surface area contributed by atoms with Gasteiger partial charge in [-0.1, -0.05) is 23.7 Å². The van der Waals surface area contributed by atoms with Crippen molar-refractivity contribution >= 4 is 56.3 Å². The Balaban J connectivity index is 1.56. The first-order valence-corrected chi connectivity index (χ1v) is 12.3. The fourth-order valence-corrected chi connectivity index (χ4v) is 4.12. The highest BCUT2D eigenvalue weighted by Crippen LogP contribution is 2.33. The molecule has 0 radical (unpaired) electrons. The Hall–Kier alpha value is -3.32. The summed E-state index contributed by atoms with van der Waals surface area (Å²) in [6.45, 7) is 3.72. The van der Waals surface area contributed by atoms with Crippen molar-refractivity contribution in [2.24, 2.45) is 5.14 Å². The fraction of sp³-hybridized carbons (Fsp3) is 0.238. The minimum Gasteiger partial charge on any atom is -0.494 e. The molecule has 4 rings (SSSR count). The third-order valence-corrected chi connectivity index (χ3v) is 5.87. The van der Waals surface area contributed by atoms with Crippen LogP contribution in [-0.2, 0) is 10.2 Å². The fourth-order valence-electron chi connectivity index (χ4n) is 3.50. The van der Waals surface area contributed by atoms with E-state index in [4.69, 9.17) is 21.5 Å². The molecular formula is C21H25ClN8O3S. The number of hydrogen-bond acceptors (Lipinski definition) is 9. The van der Waals surface area contributed by atoms with Crippen molar-refractivity contribution in [3.05, 3.63) is 53.7 Å². The van der Waals surface area contributed by atoms with Gasteiger partial charge in [0.1, 0.15) is 10.8 Å². The molecule has 2 heterocycles. The maximum Gasteiger partial charge on any atom is 0.296 e. The molecule has 1 aliphatic heterocycles. The van der Waals surface area contributed by atoms with Crippen molar-refractivity contribution in [3.8, 4) is 5.75 Å². The molecule has 0 saturated carbocycles. The summed E-state index contributed by atoms with van der Waals surface area (Å²) in [7, 11) is -2.36. The Morgan fingerprint density at radius 2 is 1.82 bits per heavy atom. The summed E-state index contributed by atoms with van der Waals surface area (Å²) in [5.74, 6) is 1.20.